The normalized spacial score (nSPS) is 26.4. The molecule has 1 saturated carbocycles. The van der Waals surface area contributed by atoms with Crippen molar-refractivity contribution in [1.29, 1.82) is 0 Å². The maximum Gasteiger partial charge on any atom is 0.0615 e. The van der Waals surface area contributed by atoms with Crippen LogP contribution < -0.4 is 5.32 Å². The molecule has 0 saturated heterocycles. The second-order valence-electron chi connectivity index (χ2n) is 5.90. The first kappa shape index (κ1) is 16.9. The van der Waals surface area contributed by atoms with Crippen LogP contribution in [-0.2, 0) is 4.74 Å². The van der Waals surface area contributed by atoms with Crippen molar-refractivity contribution in [3.05, 3.63) is 0 Å². The van der Waals surface area contributed by atoms with E-state index in [1.807, 2.05) is 7.11 Å². The molecule has 0 radical (unpaired) electrons. The topological polar surface area (TPSA) is 24.5 Å². The summed E-state index contributed by atoms with van der Waals surface area (Å²) in [4.78, 5) is 2.65. The molecule has 0 spiro atoms. The van der Waals surface area contributed by atoms with E-state index in [4.69, 9.17) is 4.74 Å². The summed E-state index contributed by atoms with van der Waals surface area (Å²) in [5.74, 6) is 0. The summed E-state index contributed by atoms with van der Waals surface area (Å²) in [5, 5.41) is 3.79. The predicted molar refractivity (Wildman–Crippen MR) is 82.7 cm³/mol. The minimum atomic E-state index is 0.518. The largest absolute Gasteiger partial charge is 0.383 e. The van der Waals surface area contributed by atoms with E-state index in [1.165, 1.54) is 38.5 Å². The molecule has 0 aromatic rings. The number of nitrogens with zero attached hydrogens (tertiary/aromatic N) is 1. The van der Waals surface area contributed by atoms with Crippen LogP contribution in [-0.4, -0.2) is 49.8 Å². The van der Waals surface area contributed by atoms with Gasteiger partial charge in [-0.15, -0.1) is 0 Å². The van der Waals surface area contributed by atoms with E-state index in [-0.39, 0.29) is 0 Å². The quantitative estimate of drug-likeness (QED) is 0.686. The average Bonchev–Trinajstić information content (AvgIpc) is 2.63. The Hall–Kier alpha value is -0.120. The van der Waals surface area contributed by atoms with Crippen LogP contribution in [0.15, 0.2) is 0 Å². The third-order valence-electron chi connectivity index (χ3n) is 4.40. The standard InChI is InChI=1S/C16H34N2O/c1-5-12-17-15-10-8-7-9-11-16(15)18(6-2)14(3)13-19-4/h14-17H,5-13H2,1-4H3. The van der Waals surface area contributed by atoms with Crippen LogP contribution >= 0.6 is 0 Å². The van der Waals surface area contributed by atoms with Crippen LogP contribution in [0.25, 0.3) is 0 Å². The molecule has 3 nitrogen and oxygen atoms in total. The van der Waals surface area contributed by atoms with Crippen molar-refractivity contribution in [2.75, 3.05) is 26.8 Å². The number of rotatable bonds is 8. The molecule has 0 aliphatic heterocycles. The van der Waals surface area contributed by atoms with E-state index in [2.05, 4.69) is 31.0 Å². The Morgan fingerprint density at radius 3 is 2.58 bits per heavy atom. The third-order valence-corrected chi connectivity index (χ3v) is 4.40. The van der Waals surface area contributed by atoms with Gasteiger partial charge in [-0.3, -0.25) is 4.90 Å². The number of methoxy groups -OCH3 is 1. The van der Waals surface area contributed by atoms with Crippen LogP contribution in [0.3, 0.4) is 0 Å². The number of hydrogen-bond donors (Lipinski definition) is 1. The lowest BCUT2D eigenvalue weighted by Gasteiger charge is -2.39. The fourth-order valence-corrected chi connectivity index (χ4v) is 3.46. The Balaban J connectivity index is 2.69. The number of likely N-dealkylation sites (N-methyl/N-ethyl adjacent to an activating group) is 1. The van der Waals surface area contributed by atoms with Gasteiger partial charge < -0.3 is 10.1 Å². The van der Waals surface area contributed by atoms with Gasteiger partial charge in [-0.25, -0.2) is 0 Å². The Labute approximate surface area is 120 Å². The van der Waals surface area contributed by atoms with Crippen molar-refractivity contribution in [2.45, 2.75) is 77.4 Å². The summed E-state index contributed by atoms with van der Waals surface area (Å²) in [6.07, 6.45) is 8.06. The van der Waals surface area contributed by atoms with E-state index < -0.39 is 0 Å². The van der Waals surface area contributed by atoms with E-state index in [9.17, 15) is 0 Å². The Bertz CT molecular complexity index is 223. The van der Waals surface area contributed by atoms with Crippen LogP contribution in [0.5, 0.6) is 0 Å². The molecule has 0 bridgehead atoms. The van der Waals surface area contributed by atoms with Crippen LogP contribution in [0.2, 0.25) is 0 Å². The molecule has 19 heavy (non-hydrogen) atoms. The summed E-state index contributed by atoms with van der Waals surface area (Å²) >= 11 is 0. The summed E-state index contributed by atoms with van der Waals surface area (Å²) in [7, 11) is 1.81. The molecule has 0 heterocycles. The Kier molecular flexibility index (Phi) is 8.67. The minimum Gasteiger partial charge on any atom is -0.383 e. The van der Waals surface area contributed by atoms with E-state index in [0.717, 1.165) is 19.7 Å². The van der Waals surface area contributed by atoms with Gasteiger partial charge in [0.25, 0.3) is 0 Å². The highest BCUT2D eigenvalue weighted by Crippen LogP contribution is 2.24. The van der Waals surface area contributed by atoms with Crippen molar-refractivity contribution in [1.82, 2.24) is 10.2 Å². The van der Waals surface area contributed by atoms with Crippen molar-refractivity contribution >= 4 is 0 Å². The van der Waals surface area contributed by atoms with Crippen molar-refractivity contribution in [2.24, 2.45) is 0 Å². The highest BCUT2D eigenvalue weighted by molar-refractivity contribution is 4.88. The second-order valence-corrected chi connectivity index (χ2v) is 5.90. The fourth-order valence-electron chi connectivity index (χ4n) is 3.46. The average molecular weight is 270 g/mol. The van der Waals surface area contributed by atoms with Crippen molar-refractivity contribution < 1.29 is 4.74 Å². The maximum absolute atomic E-state index is 5.36. The summed E-state index contributed by atoms with van der Waals surface area (Å²) in [6.45, 7) is 9.95. The van der Waals surface area contributed by atoms with Gasteiger partial charge in [-0.1, -0.05) is 33.1 Å². The van der Waals surface area contributed by atoms with Gasteiger partial charge in [0.15, 0.2) is 0 Å². The van der Waals surface area contributed by atoms with E-state index >= 15 is 0 Å². The van der Waals surface area contributed by atoms with Crippen molar-refractivity contribution in [3.8, 4) is 0 Å². The van der Waals surface area contributed by atoms with Crippen LogP contribution in [0.1, 0.15) is 59.3 Å². The lowest BCUT2D eigenvalue weighted by atomic mass is 9.99. The zero-order valence-electron chi connectivity index (χ0n) is 13.5. The number of hydrogen-bond acceptors (Lipinski definition) is 3. The highest BCUT2D eigenvalue weighted by atomic mass is 16.5. The summed E-state index contributed by atoms with van der Waals surface area (Å²) in [6, 6.07) is 1.87. The molecule has 1 fully saturated rings. The van der Waals surface area contributed by atoms with Gasteiger partial charge in [-0.2, -0.15) is 0 Å². The minimum absolute atomic E-state index is 0.518. The Morgan fingerprint density at radius 1 is 1.21 bits per heavy atom. The van der Waals surface area contributed by atoms with Gasteiger partial charge in [0.1, 0.15) is 0 Å². The van der Waals surface area contributed by atoms with Crippen LogP contribution in [0.4, 0.5) is 0 Å². The third kappa shape index (κ3) is 5.41. The molecular formula is C16H34N2O. The number of ether oxygens (including phenoxy) is 1. The van der Waals surface area contributed by atoms with Gasteiger partial charge in [0.05, 0.1) is 6.61 Å². The second kappa shape index (κ2) is 9.73. The lowest BCUT2D eigenvalue weighted by molar-refractivity contribution is 0.0558. The highest BCUT2D eigenvalue weighted by Gasteiger charge is 2.30. The lowest BCUT2D eigenvalue weighted by Crippen LogP contribution is -2.53. The molecular weight excluding hydrogens is 236 g/mol. The molecule has 1 rings (SSSR count). The molecule has 3 unspecified atom stereocenters. The van der Waals surface area contributed by atoms with Crippen molar-refractivity contribution in [3.63, 3.8) is 0 Å². The van der Waals surface area contributed by atoms with Crippen LogP contribution in [0, 0.1) is 0 Å². The molecule has 1 aliphatic carbocycles. The molecule has 114 valence electrons. The smallest absolute Gasteiger partial charge is 0.0615 e. The zero-order chi connectivity index (χ0) is 14.1. The molecule has 3 heteroatoms. The maximum atomic E-state index is 5.36. The predicted octanol–water partition coefficient (Wildman–Crippen LogP) is 3.04. The van der Waals surface area contributed by atoms with E-state index in [0.29, 0.717) is 18.1 Å². The molecule has 0 aromatic heterocycles. The number of nitrogens with one attached hydrogen (secondary N) is 1. The van der Waals surface area contributed by atoms with E-state index in [1.54, 1.807) is 0 Å². The first-order valence-electron chi connectivity index (χ1n) is 8.22. The fraction of sp³-hybridized carbons (Fsp3) is 1.00. The summed E-state index contributed by atoms with van der Waals surface area (Å²) in [5.41, 5.74) is 0. The molecule has 0 amide bonds. The summed E-state index contributed by atoms with van der Waals surface area (Å²) < 4.78 is 5.36. The monoisotopic (exact) mass is 270 g/mol. The molecule has 1 aliphatic rings. The first-order chi connectivity index (χ1) is 9.24. The molecule has 0 aromatic carbocycles. The van der Waals surface area contributed by atoms with Gasteiger partial charge in [0, 0.05) is 25.2 Å². The molecule has 1 N–H and O–H groups in total. The van der Waals surface area contributed by atoms with Gasteiger partial charge in [0.2, 0.25) is 0 Å². The first-order valence-corrected chi connectivity index (χ1v) is 8.22. The van der Waals surface area contributed by atoms with Gasteiger partial charge >= 0.3 is 0 Å². The SMILES string of the molecule is CCCNC1CCCCCC1N(CC)C(C)COC. The van der Waals surface area contributed by atoms with Gasteiger partial charge in [-0.05, 0) is 39.3 Å². The zero-order valence-corrected chi connectivity index (χ0v) is 13.5. The molecule has 3 atom stereocenters. The Morgan fingerprint density at radius 2 is 1.95 bits per heavy atom.